The van der Waals surface area contributed by atoms with Crippen LogP contribution >= 0.6 is 0 Å². The van der Waals surface area contributed by atoms with Crippen LogP contribution in [-0.2, 0) is 38.4 Å². The highest BCUT2D eigenvalue weighted by Gasteiger charge is 2.68. The zero-order chi connectivity index (χ0) is 44.7. The molecule has 12 rings (SSSR count). The van der Waals surface area contributed by atoms with Gasteiger partial charge in [-0.3, -0.25) is 58.0 Å². The lowest BCUT2D eigenvalue weighted by Gasteiger charge is -2.28. The van der Waals surface area contributed by atoms with Crippen LogP contribution in [0.1, 0.15) is 91.9 Å². The molecule has 12 heteroatoms. The topological polar surface area (TPSA) is 150 Å². The van der Waals surface area contributed by atoms with Crippen LogP contribution in [0.3, 0.4) is 0 Å². The fourth-order valence-electron chi connectivity index (χ4n) is 15.9. The Balaban J connectivity index is 0.000000144. The molecule has 8 fully saturated rings. The Morgan fingerprint density at radius 2 is 0.531 bits per heavy atom. The molecule has 4 aliphatic heterocycles. The van der Waals surface area contributed by atoms with Crippen molar-refractivity contribution in [2.75, 3.05) is 26.2 Å². The van der Waals surface area contributed by atoms with E-state index in [-0.39, 0.29) is 153 Å². The first kappa shape index (κ1) is 42.2. The third-order valence-corrected chi connectivity index (χ3v) is 19.2. The number of fused-ring (bicyclic) bond motifs is 20. The van der Waals surface area contributed by atoms with E-state index in [1.54, 1.807) is 0 Å². The van der Waals surface area contributed by atoms with E-state index in [1.807, 2.05) is 0 Å². The normalized spacial score (nSPS) is 42.2. The van der Waals surface area contributed by atoms with Crippen molar-refractivity contribution in [2.45, 2.75) is 91.9 Å². The van der Waals surface area contributed by atoms with Crippen molar-refractivity contribution >= 4 is 47.3 Å². The molecule has 8 bridgehead atoms. The van der Waals surface area contributed by atoms with Crippen molar-refractivity contribution in [1.82, 2.24) is 19.6 Å². The zero-order valence-corrected chi connectivity index (χ0v) is 37.8. The Hall–Kier alpha value is -4.48. The van der Waals surface area contributed by atoms with Gasteiger partial charge in [0.05, 0.1) is 47.3 Å². The van der Waals surface area contributed by atoms with Gasteiger partial charge in [-0.2, -0.15) is 0 Å². The monoisotopic (exact) mass is 872 g/mol. The molecule has 8 aliphatic carbocycles. The lowest BCUT2D eigenvalue weighted by Crippen LogP contribution is -2.37. The maximum absolute atomic E-state index is 13.0. The molecule has 0 aromatic carbocycles. The van der Waals surface area contributed by atoms with Crippen LogP contribution in [0.15, 0.2) is 48.6 Å². The van der Waals surface area contributed by atoms with Gasteiger partial charge in [0.15, 0.2) is 0 Å². The molecule has 0 spiro atoms. The zero-order valence-electron chi connectivity index (χ0n) is 37.8. The summed E-state index contributed by atoms with van der Waals surface area (Å²) < 4.78 is 0. The molecular weight excluding hydrogens is 809 g/mol. The average Bonchev–Trinajstić information content (AvgIpc) is 4.18. The van der Waals surface area contributed by atoms with Crippen LogP contribution in [0.2, 0.25) is 0 Å². The number of carbonyl (C=O) groups excluding carboxylic acids is 8. The molecule has 16 atom stereocenters. The standard InChI is InChI=1S/C28H36N2O4.C24H28N2O4/c1-27(2)15-9-10-16(27)20-19(15)23(31)29(24(20)32)13-7-5-6-8-14-30-25(33)21-17-11-12-18(28(17,3)4)22(21)26(30)34;27-21-17-13-5-6-14(11-13)18(17)22(28)25(21)9-3-1-2-4-10-26-23(29)19-15-7-8-16(12-15)20(19)24(26)30/h9-12,15-22H,5-8,13-14H2,1-4H3;5-8,13-20H,1-4,9-12H2. The fourth-order valence-corrected chi connectivity index (χ4v) is 15.9. The van der Waals surface area contributed by atoms with Gasteiger partial charge in [0.2, 0.25) is 47.3 Å². The molecule has 4 heterocycles. The Bertz CT molecular complexity index is 1960. The second-order valence-corrected chi connectivity index (χ2v) is 22.8. The predicted molar refractivity (Wildman–Crippen MR) is 233 cm³/mol. The largest absolute Gasteiger partial charge is 0.282 e. The number of nitrogens with zero attached hydrogens (tertiary/aromatic N) is 4. The summed E-state index contributed by atoms with van der Waals surface area (Å²) >= 11 is 0. The fraction of sp³-hybridized carbons (Fsp3) is 0.692. The Morgan fingerprint density at radius 1 is 0.328 bits per heavy atom. The first-order chi connectivity index (χ1) is 30.6. The summed E-state index contributed by atoms with van der Waals surface area (Å²) in [7, 11) is 0. The maximum Gasteiger partial charge on any atom is 0.233 e. The van der Waals surface area contributed by atoms with Gasteiger partial charge >= 0.3 is 0 Å². The number of carbonyl (C=O) groups is 8. The van der Waals surface area contributed by atoms with Crippen LogP contribution in [0.4, 0.5) is 0 Å². The van der Waals surface area contributed by atoms with Crippen LogP contribution in [-0.4, -0.2) is 93.0 Å². The molecule has 4 saturated carbocycles. The summed E-state index contributed by atoms with van der Waals surface area (Å²) in [6.07, 6.45) is 25.7. The van der Waals surface area contributed by atoms with Crippen LogP contribution in [0, 0.1) is 106 Å². The highest BCUT2D eigenvalue weighted by Crippen LogP contribution is 2.63. The summed E-state index contributed by atoms with van der Waals surface area (Å²) in [5.41, 5.74) is 0.00201. The van der Waals surface area contributed by atoms with Gasteiger partial charge in [-0.1, -0.05) is 102 Å². The molecule has 16 unspecified atom stereocenters. The number of amides is 8. The van der Waals surface area contributed by atoms with E-state index in [0.29, 0.717) is 26.2 Å². The molecule has 0 aromatic heterocycles. The molecule has 340 valence electrons. The highest BCUT2D eigenvalue weighted by atomic mass is 16.2. The Kier molecular flexibility index (Phi) is 9.90. The van der Waals surface area contributed by atoms with Gasteiger partial charge in [0.25, 0.3) is 0 Å². The molecule has 12 nitrogen and oxygen atoms in total. The second kappa shape index (κ2) is 15.0. The van der Waals surface area contributed by atoms with E-state index in [2.05, 4.69) is 76.3 Å². The third-order valence-electron chi connectivity index (χ3n) is 19.2. The summed E-state index contributed by atoms with van der Waals surface area (Å²) in [6.45, 7) is 10.7. The number of rotatable bonds is 14. The van der Waals surface area contributed by atoms with Crippen molar-refractivity contribution in [1.29, 1.82) is 0 Å². The van der Waals surface area contributed by atoms with Gasteiger partial charge in [-0.05, 0) is 96.7 Å². The first-order valence-corrected chi connectivity index (χ1v) is 24.8. The van der Waals surface area contributed by atoms with Gasteiger partial charge in [-0.15, -0.1) is 0 Å². The van der Waals surface area contributed by atoms with Crippen LogP contribution in [0.25, 0.3) is 0 Å². The van der Waals surface area contributed by atoms with E-state index < -0.39 is 0 Å². The van der Waals surface area contributed by atoms with Crippen molar-refractivity contribution in [2.24, 2.45) is 106 Å². The van der Waals surface area contributed by atoms with E-state index >= 15 is 0 Å². The van der Waals surface area contributed by atoms with Gasteiger partial charge in [-0.25, -0.2) is 0 Å². The van der Waals surface area contributed by atoms with Crippen LogP contribution in [0.5, 0.6) is 0 Å². The number of imide groups is 4. The van der Waals surface area contributed by atoms with Crippen molar-refractivity contribution < 1.29 is 38.4 Å². The Labute approximate surface area is 376 Å². The molecule has 0 radical (unpaired) electrons. The van der Waals surface area contributed by atoms with Crippen molar-refractivity contribution in [3.63, 3.8) is 0 Å². The van der Waals surface area contributed by atoms with Gasteiger partial charge in [0.1, 0.15) is 0 Å². The molecule has 0 aromatic rings. The minimum Gasteiger partial charge on any atom is -0.282 e. The number of hydrogen-bond donors (Lipinski definition) is 0. The minimum absolute atomic E-state index is 0.00101. The number of likely N-dealkylation sites (tertiary alicyclic amines) is 4. The molecule has 64 heavy (non-hydrogen) atoms. The quantitative estimate of drug-likeness (QED) is 0.125. The summed E-state index contributed by atoms with van der Waals surface area (Å²) in [5, 5.41) is 0. The minimum atomic E-state index is -0.168. The molecular formula is C52H64N4O8. The first-order valence-electron chi connectivity index (χ1n) is 24.8. The predicted octanol–water partition coefficient (Wildman–Crippen LogP) is 5.59. The molecule has 0 N–H and O–H groups in total. The smallest absolute Gasteiger partial charge is 0.233 e. The third kappa shape index (κ3) is 5.83. The van der Waals surface area contributed by atoms with Crippen molar-refractivity contribution in [3.05, 3.63) is 48.6 Å². The average molecular weight is 873 g/mol. The van der Waals surface area contributed by atoms with Gasteiger partial charge in [0, 0.05) is 26.2 Å². The van der Waals surface area contributed by atoms with E-state index in [1.165, 1.54) is 19.6 Å². The number of hydrogen-bond acceptors (Lipinski definition) is 8. The summed E-state index contributed by atoms with van der Waals surface area (Å²) in [5.74, 6) is 0.872. The van der Waals surface area contributed by atoms with E-state index in [4.69, 9.17) is 0 Å². The summed E-state index contributed by atoms with van der Waals surface area (Å²) in [4.78, 5) is 109. The number of unbranched alkanes of at least 4 members (excludes halogenated alkanes) is 6. The Morgan fingerprint density at radius 3 is 0.750 bits per heavy atom. The molecule has 12 aliphatic rings. The van der Waals surface area contributed by atoms with E-state index in [9.17, 15) is 38.4 Å². The molecule has 4 saturated heterocycles. The molecule has 8 amide bonds. The summed E-state index contributed by atoms with van der Waals surface area (Å²) in [6, 6.07) is 0. The number of allylic oxidation sites excluding steroid dienone is 8. The van der Waals surface area contributed by atoms with Gasteiger partial charge < -0.3 is 0 Å². The van der Waals surface area contributed by atoms with Crippen molar-refractivity contribution in [3.8, 4) is 0 Å². The lowest BCUT2D eigenvalue weighted by molar-refractivity contribution is -0.143. The van der Waals surface area contributed by atoms with Crippen LogP contribution < -0.4 is 0 Å². The van der Waals surface area contributed by atoms with E-state index in [0.717, 1.165) is 64.2 Å². The SMILES string of the molecule is CC1(C)C2C=CC1C1C(=O)N(CCCCCCN3C(=O)C4C(C3=O)C3C=CC4C3(C)C)C(=O)C12.O=C1C2C3C=CC(C3)C2C(=O)N1CCCCCCN1C(=O)C2C3C=CC(C3)C2C1=O. The highest BCUT2D eigenvalue weighted by molar-refractivity contribution is 6.08. The second-order valence-electron chi connectivity index (χ2n) is 22.8. The maximum atomic E-state index is 13.0. The lowest BCUT2D eigenvalue weighted by atomic mass is 9.78.